The first-order valence-corrected chi connectivity index (χ1v) is 12.1. The molecule has 2 nitrogen and oxygen atoms in total. The first kappa shape index (κ1) is 17.2. The minimum Gasteiger partial charge on any atom is -0.330 e. The molecule has 1 aliphatic heterocycles. The second-order valence-corrected chi connectivity index (χ2v) is 9.68. The molecule has 0 spiro atoms. The summed E-state index contributed by atoms with van der Waals surface area (Å²) in [5, 5.41) is 8.57. The van der Waals surface area contributed by atoms with Gasteiger partial charge in [-0.1, -0.05) is 66.8 Å². The van der Waals surface area contributed by atoms with Crippen LogP contribution in [-0.2, 0) is 6.42 Å². The Kier molecular flexibility index (Phi) is 2.93. The highest BCUT2D eigenvalue weighted by atomic mass is 15.2. The third kappa shape index (κ3) is 1.84. The Balaban J connectivity index is 1.54. The predicted octanol–water partition coefficient (Wildman–Crippen LogP) is 7.21. The van der Waals surface area contributed by atoms with Gasteiger partial charge in [-0.3, -0.25) is 0 Å². The van der Waals surface area contributed by atoms with Gasteiger partial charge in [0.05, 0.1) is 22.6 Å². The van der Waals surface area contributed by atoms with Crippen LogP contribution in [0.4, 0.5) is 11.4 Å². The van der Waals surface area contributed by atoms with Crippen LogP contribution in [0.15, 0.2) is 91.0 Å². The summed E-state index contributed by atoms with van der Waals surface area (Å²) in [6.45, 7) is 0. The van der Waals surface area contributed by atoms with Gasteiger partial charge in [0.25, 0.3) is 0 Å². The molecule has 0 saturated carbocycles. The number of hydrogen-bond acceptors (Lipinski definition) is 1. The predicted molar refractivity (Wildman–Crippen MR) is 142 cm³/mol. The first-order valence-electron chi connectivity index (χ1n) is 12.1. The number of aromatic nitrogens is 1. The fourth-order valence-corrected chi connectivity index (χ4v) is 6.88. The van der Waals surface area contributed by atoms with Gasteiger partial charge < -0.3 is 9.47 Å². The molecule has 0 fully saturated rings. The Labute approximate surface area is 196 Å². The van der Waals surface area contributed by atoms with E-state index in [2.05, 4.69) is 113 Å². The van der Waals surface area contributed by atoms with E-state index in [0.717, 1.165) is 6.42 Å². The van der Waals surface area contributed by atoms with E-state index in [-0.39, 0.29) is 6.04 Å². The zero-order valence-electron chi connectivity index (χ0n) is 18.5. The average molecular weight is 433 g/mol. The molecule has 2 heteroatoms. The summed E-state index contributed by atoms with van der Waals surface area (Å²) >= 11 is 0. The lowest BCUT2D eigenvalue weighted by Gasteiger charge is -2.28. The Morgan fingerprint density at radius 2 is 1.44 bits per heavy atom. The third-order valence-electron chi connectivity index (χ3n) is 8.12. The maximum atomic E-state index is 2.54. The summed E-state index contributed by atoms with van der Waals surface area (Å²) in [6.07, 6.45) is 8.15. The molecule has 0 N–H and O–H groups in total. The Bertz CT molecular complexity index is 1920. The highest BCUT2D eigenvalue weighted by Crippen LogP contribution is 2.56. The van der Waals surface area contributed by atoms with Gasteiger partial charge in [0.15, 0.2) is 0 Å². The van der Waals surface area contributed by atoms with Gasteiger partial charge in [-0.15, -0.1) is 0 Å². The second kappa shape index (κ2) is 5.78. The lowest BCUT2D eigenvalue weighted by Crippen LogP contribution is -2.18. The molecule has 3 aliphatic rings. The number of hydrogen-bond donors (Lipinski definition) is 0. The number of benzene rings is 5. The molecule has 1 aromatic heterocycles. The monoisotopic (exact) mass is 432 g/mol. The largest absolute Gasteiger partial charge is 0.330 e. The van der Waals surface area contributed by atoms with Gasteiger partial charge in [0.2, 0.25) is 0 Å². The number of anilines is 2. The number of para-hydroxylation sites is 2. The molecule has 2 aliphatic carbocycles. The smallest absolute Gasteiger partial charge is 0.0792 e. The Hall–Kier alpha value is -4.30. The van der Waals surface area contributed by atoms with Crippen molar-refractivity contribution in [2.45, 2.75) is 12.5 Å². The van der Waals surface area contributed by atoms with Crippen LogP contribution in [0.25, 0.3) is 50.3 Å². The van der Waals surface area contributed by atoms with Crippen molar-refractivity contribution in [3.05, 3.63) is 113 Å². The van der Waals surface area contributed by atoms with E-state index in [1.165, 1.54) is 71.5 Å². The van der Waals surface area contributed by atoms with Crippen molar-refractivity contribution >= 4 is 56.0 Å². The SMILES string of the molecule is C1=CC2c3c4c(ccc5c4c4c(n(-c6ccccc6)c6ccc1c3c46)=CC5)N2c1ccccc1. The van der Waals surface area contributed by atoms with E-state index in [4.69, 9.17) is 0 Å². The molecule has 1 atom stereocenters. The van der Waals surface area contributed by atoms with Gasteiger partial charge in [-0.25, -0.2) is 0 Å². The maximum absolute atomic E-state index is 2.54. The van der Waals surface area contributed by atoms with E-state index in [9.17, 15) is 0 Å². The van der Waals surface area contributed by atoms with Crippen LogP contribution in [0.3, 0.4) is 0 Å². The normalized spacial score (nSPS) is 17.1. The molecule has 0 saturated heterocycles. The molecule has 1 unspecified atom stereocenters. The minimum atomic E-state index is 0.226. The lowest BCUT2D eigenvalue weighted by molar-refractivity contribution is 0.896. The molecule has 0 amide bonds. The van der Waals surface area contributed by atoms with Gasteiger partial charge in [-0.2, -0.15) is 0 Å². The molecule has 34 heavy (non-hydrogen) atoms. The van der Waals surface area contributed by atoms with Gasteiger partial charge in [0.1, 0.15) is 0 Å². The zero-order chi connectivity index (χ0) is 22.0. The van der Waals surface area contributed by atoms with Crippen LogP contribution in [0, 0.1) is 0 Å². The number of rotatable bonds is 2. The van der Waals surface area contributed by atoms with Crippen molar-refractivity contribution in [1.82, 2.24) is 4.57 Å². The molecule has 0 bridgehead atoms. The first-order chi connectivity index (χ1) is 16.9. The molecular formula is C32H20N2. The summed E-state index contributed by atoms with van der Waals surface area (Å²) in [5.74, 6) is 0. The Morgan fingerprint density at radius 3 is 2.26 bits per heavy atom. The van der Waals surface area contributed by atoms with Gasteiger partial charge >= 0.3 is 0 Å². The molecule has 6 aromatic rings. The fourth-order valence-electron chi connectivity index (χ4n) is 6.88. The zero-order valence-corrected chi connectivity index (χ0v) is 18.5. The van der Waals surface area contributed by atoms with Crippen molar-refractivity contribution in [2.24, 2.45) is 0 Å². The second-order valence-electron chi connectivity index (χ2n) is 9.68. The van der Waals surface area contributed by atoms with E-state index < -0.39 is 0 Å². The summed E-state index contributed by atoms with van der Waals surface area (Å²) in [7, 11) is 0. The lowest BCUT2D eigenvalue weighted by atomic mass is 9.83. The van der Waals surface area contributed by atoms with Crippen LogP contribution in [0.1, 0.15) is 22.7 Å². The van der Waals surface area contributed by atoms with Crippen molar-refractivity contribution in [1.29, 1.82) is 0 Å². The molecule has 2 heterocycles. The van der Waals surface area contributed by atoms with Crippen LogP contribution < -0.4 is 10.2 Å². The Morgan fingerprint density at radius 1 is 0.647 bits per heavy atom. The third-order valence-corrected chi connectivity index (χ3v) is 8.12. The van der Waals surface area contributed by atoms with E-state index >= 15 is 0 Å². The average Bonchev–Trinajstić information content (AvgIpc) is 3.43. The van der Waals surface area contributed by atoms with E-state index in [0.29, 0.717) is 0 Å². The summed E-state index contributed by atoms with van der Waals surface area (Å²) < 4.78 is 2.48. The van der Waals surface area contributed by atoms with Gasteiger partial charge in [-0.05, 0) is 70.3 Å². The maximum Gasteiger partial charge on any atom is 0.0792 e. The minimum absolute atomic E-state index is 0.226. The fraction of sp³-hybridized carbons (Fsp3) is 0.0625. The van der Waals surface area contributed by atoms with Crippen molar-refractivity contribution < 1.29 is 0 Å². The van der Waals surface area contributed by atoms with Crippen molar-refractivity contribution in [2.75, 3.05) is 4.90 Å². The molecule has 0 radical (unpaired) electrons. The quantitative estimate of drug-likeness (QED) is 0.262. The van der Waals surface area contributed by atoms with Crippen molar-refractivity contribution in [3.8, 4) is 5.69 Å². The molecule has 9 rings (SSSR count). The standard InChI is InChI=1S/C32H20N2/c1-3-7-21(8-4-1)33-23-15-11-19-13-17-25-31-27(19)29(23)30-24(33)16-12-20-14-18-26(32(31)28(20)30)34(25)22-9-5-2-6-10-22/h1-13,15-18,23H,14H2. The highest BCUT2D eigenvalue weighted by molar-refractivity contribution is 6.30. The van der Waals surface area contributed by atoms with Crippen LogP contribution in [0.2, 0.25) is 0 Å². The topological polar surface area (TPSA) is 8.17 Å². The summed E-state index contributed by atoms with van der Waals surface area (Å²) in [6, 6.07) is 31.3. The van der Waals surface area contributed by atoms with Crippen molar-refractivity contribution in [3.63, 3.8) is 0 Å². The molecule has 5 aromatic carbocycles. The van der Waals surface area contributed by atoms with E-state index in [1.807, 2.05) is 0 Å². The van der Waals surface area contributed by atoms with Crippen LogP contribution >= 0.6 is 0 Å². The van der Waals surface area contributed by atoms with Crippen LogP contribution in [0.5, 0.6) is 0 Å². The summed E-state index contributed by atoms with van der Waals surface area (Å²) in [5.41, 5.74) is 9.43. The van der Waals surface area contributed by atoms with E-state index in [1.54, 1.807) is 0 Å². The molecule has 158 valence electrons. The van der Waals surface area contributed by atoms with Gasteiger partial charge in [0, 0.05) is 27.5 Å². The highest BCUT2D eigenvalue weighted by Gasteiger charge is 2.38. The van der Waals surface area contributed by atoms with Crippen LogP contribution in [-0.4, -0.2) is 4.57 Å². The number of nitrogens with zero attached hydrogens (tertiary/aromatic N) is 2. The summed E-state index contributed by atoms with van der Waals surface area (Å²) in [4.78, 5) is 2.54. The molecular weight excluding hydrogens is 412 g/mol.